The van der Waals surface area contributed by atoms with Crippen molar-refractivity contribution in [3.63, 3.8) is 0 Å². The van der Waals surface area contributed by atoms with Gasteiger partial charge in [-0.3, -0.25) is 19.2 Å². The van der Waals surface area contributed by atoms with Crippen LogP contribution in [0, 0.1) is 23.2 Å². The van der Waals surface area contributed by atoms with Gasteiger partial charge in [-0.15, -0.1) is 6.58 Å². The van der Waals surface area contributed by atoms with Gasteiger partial charge in [0.2, 0.25) is 17.6 Å². The number of alkyl carbamates (subject to hydrolysis) is 1. The molecule has 5 atom stereocenters. The van der Waals surface area contributed by atoms with Crippen molar-refractivity contribution in [2.75, 3.05) is 13.1 Å². The number of carbonyl (C=O) groups excluding carboxylic acids is 5. The Morgan fingerprint density at radius 2 is 1.72 bits per heavy atom. The fourth-order valence-electron chi connectivity index (χ4n) is 6.30. The third kappa shape index (κ3) is 7.00. The molecule has 3 fully saturated rings. The average molecular weight is 547 g/mol. The van der Waals surface area contributed by atoms with Gasteiger partial charge in [-0.1, -0.05) is 46.1 Å². The molecule has 3 aliphatic rings. The van der Waals surface area contributed by atoms with E-state index in [0.29, 0.717) is 6.54 Å². The van der Waals surface area contributed by atoms with Crippen LogP contribution >= 0.6 is 0 Å². The predicted octanol–water partition coefficient (Wildman–Crippen LogP) is 2.71. The molecule has 1 aliphatic heterocycles. The Kier molecular flexibility index (Phi) is 9.49. The summed E-state index contributed by atoms with van der Waals surface area (Å²) in [5, 5.41) is 8.05. The number of piperidine rings is 1. The molecule has 3 N–H and O–H groups in total. The summed E-state index contributed by atoms with van der Waals surface area (Å²) in [6.45, 7) is 15.2. The normalized spacial score (nSPS) is 25.5. The Morgan fingerprint density at radius 1 is 1.08 bits per heavy atom. The number of Topliss-reactive ketones (excluding diaryl/α,β-unsaturated/α-hetero) is 1. The SMILES string of the molecule is C=CCNC(=O)C(=O)C(CC)NC(=O)[C@@H]1[C@@H]2C(CN1C(=O)[C@@H](NC(=O)OC(C)(C)C)C1CCCCC1)C2(C)C. The summed E-state index contributed by atoms with van der Waals surface area (Å²) in [5.41, 5.74) is -0.851. The second kappa shape index (κ2) is 12.1. The van der Waals surface area contributed by atoms with Crippen LogP contribution in [0.4, 0.5) is 4.79 Å². The lowest BCUT2D eigenvalue weighted by molar-refractivity contribution is -0.145. The molecule has 0 aromatic carbocycles. The van der Waals surface area contributed by atoms with Crippen LogP contribution in [0.3, 0.4) is 0 Å². The first kappa shape index (κ1) is 30.6. The second-order valence-corrected chi connectivity index (χ2v) is 12.7. The number of likely N-dealkylation sites (tertiary alicyclic amines) is 1. The minimum atomic E-state index is -1.01. The number of ether oxygens (including phenoxy) is 1. The molecular weight excluding hydrogens is 500 g/mol. The van der Waals surface area contributed by atoms with Crippen LogP contribution < -0.4 is 16.0 Å². The van der Waals surface area contributed by atoms with E-state index in [1.165, 1.54) is 6.08 Å². The molecule has 0 bridgehead atoms. The molecule has 0 radical (unpaired) electrons. The van der Waals surface area contributed by atoms with E-state index in [0.717, 1.165) is 32.1 Å². The van der Waals surface area contributed by atoms with Gasteiger partial charge in [0.15, 0.2) is 0 Å². The van der Waals surface area contributed by atoms with E-state index >= 15 is 0 Å². The zero-order valence-electron chi connectivity index (χ0n) is 24.3. The van der Waals surface area contributed by atoms with E-state index in [9.17, 15) is 24.0 Å². The van der Waals surface area contributed by atoms with Crippen LogP contribution in [0.15, 0.2) is 12.7 Å². The Labute approximate surface area is 232 Å². The van der Waals surface area contributed by atoms with Crippen LogP contribution in [0.5, 0.6) is 0 Å². The summed E-state index contributed by atoms with van der Waals surface area (Å²) >= 11 is 0. The predicted molar refractivity (Wildman–Crippen MR) is 146 cm³/mol. The van der Waals surface area contributed by atoms with Gasteiger partial charge in [-0.25, -0.2) is 4.79 Å². The van der Waals surface area contributed by atoms with E-state index in [2.05, 4.69) is 36.4 Å². The zero-order valence-corrected chi connectivity index (χ0v) is 24.3. The number of ketones is 1. The van der Waals surface area contributed by atoms with Gasteiger partial charge in [0, 0.05) is 13.1 Å². The lowest BCUT2D eigenvalue weighted by Gasteiger charge is -2.37. The summed E-state index contributed by atoms with van der Waals surface area (Å²) in [6, 6.07) is -2.60. The van der Waals surface area contributed by atoms with Gasteiger partial charge in [-0.05, 0) is 63.2 Å². The van der Waals surface area contributed by atoms with Crippen LogP contribution in [-0.2, 0) is 23.9 Å². The monoisotopic (exact) mass is 546 g/mol. The fraction of sp³-hybridized carbons (Fsp3) is 0.759. The molecule has 2 saturated carbocycles. The number of nitrogens with zero attached hydrogens (tertiary/aromatic N) is 1. The molecule has 2 aliphatic carbocycles. The molecule has 218 valence electrons. The van der Waals surface area contributed by atoms with E-state index in [1.54, 1.807) is 32.6 Å². The number of nitrogens with one attached hydrogen (secondary N) is 3. The maximum Gasteiger partial charge on any atom is 0.408 e. The second-order valence-electron chi connectivity index (χ2n) is 12.7. The molecule has 39 heavy (non-hydrogen) atoms. The molecule has 3 rings (SSSR count). The van der Waals surface area contributed by atoms with Crippen molar-refractivity contribution in [2.24, 2.45) is 23.2 Å². The lowest BCUT2D eigenvalue weighted by Crippen LogP contribution is -2.59. The van der Waals surface area contributed by atoms with Gasteiger partial charge < -0.3 is 25.6 Å². The highest BCUT2D eigenvalue weighted by Crippen LogP contribution is 2.65. The molecule has 0 aromatic rings. The van der Waals surface area contributed by atoms with E-state index in [1.807, 2.05) is 0 Å². The highest BCUT2D eigenvalue weighted by Gasteiger charge is 2.69. The summed E-state index contributed by atoms with van der Waals surface area (Å²) in [7, 11) is 0. The first-order chi connectivity index (χ1) is 18.2. The molecular formula is C29H46N4O6. The first-order valence-corrected chi connectivity index (χ1v) is 14.3. The zero-order chi connectivity index (χ0) is 29.1. The highest BCUT2D eigenvalue weighted by atomic mass is 16.6. The molecule has 2 unspecified atom stereocenters. The van der Waals surface area contributed by atoms with Gasteiger partial charge in [0.25, 0.3) is 5.91 Å². The van der Waals surface area contributed by atoms with E-state index < -0.39 is 47.4 Å². The van der Waals surface area contributed by atoms with Crippen LogP contribution in [0.1, 0.15) is 80.1 Å². The maximum atomic E-state index is 14.1. The number of hydrogen-bond acceptors (Lipinski definition) is 6. The van der Waals surface area contributed by atoms with Crippen molar-refractivity contribution in [2.45, 2.75) is 104 Å². The Morgan fingerprint density at radius 3 is 2.28 bits per heavy atom. The Bertz CT molecular complexity index is 981. The number of carbonyl (C=O) groups is 5. The van der Waals surface area contributed by atoms with Gasteiger partial charge in [0.1, 0.15) is 17.7 Å². The third-order valence-corrected chi connectivity index (χ3v) is 8.49. The third-order valence-electron chi connectivity index (χ3n) is 8.49. The summed E-state index contributed by atoms with van der Waals surface area (Å²) in [5.74, 6) is -2.25. The number of amides is 4. The lowest BCUT2D eigenvalue weighted by atomic mass is 9.83. The van der Waals surface area contributed by atoms with Gasteiger partial charge in [-0.2, -0.15) is 0 Å². The van der Waals surface area contributed by atoms with Crippen molar-refractivity contribution in [3.05, 3.63) is 12.7 Å². The van der Waals surface area contributed by atoms with Crippen LogP contribution in [0.25, 0.3) is 0 Å². The van der Waals surface area contributed by atoms with Crippen molar-refractivity contribution >= 4 is 29.6 Å². The number of fused-ring (bicyclic) bond motifs is 1. The average Bonchev–Trinajstić information content (AvgIpc) is 3.20. The van der Waals surface area contributed by atoms with Crippen molar-refractivity contribution in [1.82, 2.24) is 20.9 Å². The first-order valence-electron chi connectivity index (χ1n) is 14.3. The topological polar surface area (TPSA) is 134 Å². The molecule has 1 saturated heterocycles. The van der Waals surface area contributed by atoms with Crippen LogP contribution in [0.2, 0.25) is 0 Å². The minimum absolute atomic E-state index is 0.0501. The molecule has 1 heterocycles. The molecule has 10 heteroatoms. The number of rotatable bonds is 10. The van der Waals surface area contributed by atoms with Crippen molar-refractivity contribution in [3.8, 4) is 0 Å². The summed E-state index contributed by atoms with van der Waals surface area (Å²) in [4.78, 5) is 67.1. The van der Waals surface area contributed by atoms with Crippen molar-refractivity contribution < 1.29 is 28.7 Å². The molecule has 4 amide bonds. The highest BCUT2D eigenvalue weighted by molar-refractivity contribution is 6.38. The van der Waals surface area contributed by atoms with Crippen LogP contribution in [-0.4, -0.2) is 71.3 Å². The van der Waals surface area contributed by atoms with Gasteiger partial charge >= 0.3 is 6.09 Å². The Balaban J connectivity index is 1.82. The molecule has 10 nitrogen and oxygen atoms in total. The summed E-state index contributed by atoms with van der Waals surface area (Å²) < 4.78 is 5.47. The standard InChI is InChI=1S/C29H46N4O6/c1-8-15-30-25(36)23(34)19(9-2)31-24(35)22-20-18(29(20,6)7)16-33(22)26(37)21(17-13-11-10-12-14-17)32-27(38)39-28(3,4)5/h8,17-22H,1,9-16H2,2-7H3,(H,30,36)(H,31,35)(H,32,38)/t18?,19?,20-,21-,22-/m0/s1. The van der Waals surface area contributed by atoms with E-state index in [-0.39, 0.29) is 42.0 Å². The quantitative estimate of drug-likeness (QED) is 0.285. The fourth-order valence-corrected chi connectivity index (χ4v) is 6.30. The number of hydrogen-bond donors (Lipinski definition) is 3. The smallest absolute Gasteiger partial charge is 0.408 e. The largest absolute Gasteiger partial charge is 0.444 e. The van der Waals surface area contributed by atoms with E-state index in [4.69, 9.17) is 4.74 Å². The summed E-state index contributed by atoms with van der Waals surface area (Å²) in [6.07, 6.45) is 5.69. The van der Waals surface area contributed by atoms with Gasteiger partial charge in [0.05, 0.1) is 6.04 Å². The minimum Gasteiger partial charge on any atom is -0.444 e. The van der Waals surface area contributed by atoms with Crippen molar-refractivity contribution in [1.29, 1.82) is 0 Å². The molecule has 0 aromatic heterocycles. The Hall–Kier alpha value is -2.91. The molecule has 0 spiro atoms. The maximum absolute atomic E-state index is 14.1.